The van der Waals surface area contributed by atoms with Crippen LogP contribution in [0.25, 0.3) is 0 Å². The van der Waals surface area contributed by atoms with Crippen LogP contribution in [0, 0.1) is 13.8 Å². The average Bonchev–Trinajstić information content (AvgIpc) is 2.70. The van der Waals surface area contributed by atoms with E-state index in [9.17, 15) is 9.59 Å². The lowest BCUT2D eigenvalue weighted by molar-refractivity contribution is 0.0734. The summed E-state index contributed by atoms with van der Waals surface area (Å²) >= 11 is 0. The van der Waals surface area contributed by atoms with E-state index in [4.69, 9.17) is 4.74 Å². The fraction of sp³-hybridized carbons (Fsp3) is 0.231. The van der Waals surface area contributed by atoms with E-state index < -0.39 is 5.97 Å². The largest absolute Gasteiger partial charge is 0.423 e. The molecule has 0 spiro atoms. The molecule has 0 aliphatic heterocycles. The van der Waals surface area contributed by atoms with Gasteiger partial charge in [0.05, 0.1) is 5.56 Å². The van der Waals surface area contributed by atoms with Crippen LogP contribution in [0.3, 0.4) is 0 Å². The highest BCUT2D eigenvalue weighted by Crippen LogP contribution is 2.23. The molecule has 0 unspecified atom stereocenters. The number of ether oxygens (including phenoxy) is 1. The molecule has 1 N–H and O–H groups in total. The van der Waals surface area contributed by atoms with Gasteiger partial charge in [0.2, 0.25) is 0 Å². The third-order valence-corrected chi connectivity index (χ3v) is 4.95. The predicted molar refractivity (Wildman–Crippen MR) is 120 cm³/mol. The number of hydrogen-bond donors (Lipinski definition) is 1. The molecule has 154 valence electrons. The minimum atomic E-state index is -0.428. The van der Waals surface area contributed by atoms with Gasteiger partial charge in [-0.15, -0.1) is 0 Å². The summed E-state index contributed by atoms with van der Waals surface area (Å²) in [4.78, 5) is 24.9. The first-order chi connectivity index (χ1) is 14.1. The Morgan fingerprint density at radius 2 is 1.40 bits per heavy atom. The number of aryl methyl sites for hydroxylation is 2. The molecule has 3 aromatic rings. The standard InChI is InChI=1S/C26H27NO3/c1-17-6-7-18(2)23(16-17)27-24(28)19-10-14-22(15-11-19)30-25(29)20-8-12-21(13-9-20)26(3,4)5/h6-16H,1-5H3,(H,27,28). The van der Waals surface area contributed by atoms with Crippen LogP contribution in [0.4, 0.5) is 5.69 Å². The lowest BCUT2D eigenvalue weighted by Crippen LogP contribution is -2.14. The second-order valence-electron chi connectivity index (χ2n) is 8.51. The zero-order valence-electron chi connectivity index (χ0n) is 18.1. The van der Waals surface area contributed by atoms with E-state index in [1.807, 2.05) is 44.2 Å². The van der Waals surface area contributed by atoms with E-state index >= 15 is 0 Å². The molecule has 0 aliphatic rings. The van der Waals surface area contributed by atoms with E-state index in [0.717, 1.165) is 22.4 Å². The topological polar surface area (TPSA) is 55.4 Å². The van der Waals surface area contributed by atoms with Gasteiger partial charge in [-0.25, -0.2) is 4.79 Å². The number of esters is 1. The van der Waals surface area contributed by atoms with Gasteiger partial charge in [-0.1, -0.05) is 45.0 Å². The fourth-order valence-electron chi connectivity index (χ4n) is 3.01. The van der Waals surface area contributed by atoms with Gasteiger partial charge in [0.1, 0.15) is 5.75 Å². The van der Waals surface area contributed by atoms with Crippen LogP contribution in [-0.2, 0) is 5.41 Å². The summed E-state index contributed by atoms with van der Waals surface area (Å²) in [6.45, 7) is 10.3. The molecule has 0 radical (unpaired) electrons. The summed E-state index contributed by atoms with van der Waals surface area (Å²) in [5, 5.41) is 2.92. The Morgan fingerprint density at radius 1 is 0.800 bits per heavy atom. The van der Waals surface area contributed by atoms with Crippen LogP contribution < -0.4 is 10.1 Å². The molecule has 4 nitrogen and oxygen atoms in total. The fourth-order valence-corrected chi connectivity index (χ4v) is 3.01. The molecule has 0 fully saturated rings. The van der Waals surface area contributed by atoms with Crippen LogP contribution in [-0.4, -0.2) is 11.9 Å². The van der Waals surface area contributed by atoms with Gasteiger partial charge in [-0.2, -0.15) is 0 Å². The summed E-state index contributed by atoms with van der Waals surface area (Å²) in [6, 6.07) is 19.9. The van der Waals surface area contributed by atoms with Crippen molar-refractivity contribution < 1.29 is 14.3 Å². The minimum absolute atomic E-state index is 0.0236. The van der Waals surface area contributed by atoms with Crippen molar-refractivity contribution in [2.75, 3.05) is 5.32 Å². The Bertz CT molecular complexity index is 1060. The normalized spacial score (nSPS) is 11.1. The molecule has 4 heteroatoms. The van der Waals surface area contributed by atoms with E-state index in [-0.39, 0.29) is 11.3 Å². The Kier molecular flexibility index (Phi) is 6.06. The molecule has 1 amide bonds. The van der Waals surface area contributed by atoms with E-state index in [1.54, 1.807) is 36.4 Å². The minimum Gasteiger partial charge on any atom is -0.423 e. The molecule has 0 heterocycles. The SMILES string of the molecule is Cc1ccc(C)c(NC(=O)c2ccc(OC(=O)c3ccc(C(C)(C)C)cc3)cc2)c1. The Balaban J connectivity index is 1.66. The van der Waals surface area contributed by atoms with Gasteiger partial charge in [-0.3, -0.25) is 4.79 Å². The first kappa shape index (κ1) is 21.3. The van der Waals surface area contributed by atoms with Crippen LogP contribution in [0.15, 0.2) is 66.7 Å². The quantitative estimate of drug-likeness (QED) is 0.426. The van der Waals surface area contributed by atoms with Crippen molar-refractivity contribution in [2.24, 2.45) is 0 Å². The average molecular weight is 402 g/mol. The zero-order valence-corrected chi connectivity index (χ0v) is 18.1. The van der Waals surface area contributed by atoms with E-state index in [2.05, 4.69) is 26.1 Å². The number of benzene rings is 3. The summed E-state index contributed by atoms with van der Waals surface area (Å²) in [5.41, 5.74) is 5.01. The number of hydrogen-bond acceptors (Lipinski definition) is 3. The van der Waals surface area contributed by atoms with Crippen molar-refractivity contribution >= 4 is 17.6 Å². The molecule has 0 aliphatic carbocycles. The number of carbonyl (C=O) groups excluding carboxylic acids is 2. The maximum absolute atomic E-state index is 12.5. The summed E-state index contributed by atoms with van der Waals surface area (Å²) < 4.78 is 5.44. The Labute approximate surface area is 177 Å². The number of nitrogens with one attached hydrogen (secondary N) is 1. The smallest absolute Gasteiger partial charge is 0.343 e. The third kappa shape index (κ3) is 5.15. The van der Waals surface area contributed by atoms with E-state index in [1.165, 1.54) is 0 Å². The molecule has 3 rings (SSSR count). The van der Waals surface area contributed by atoms with Crippen molar-refractivity contribution in [3.05, 3.63) is 94.5 Å². The van der Waals surface area contributed by atoms with Crippen LogP contribution in [0.1, 0.15) is 58.2 Å². The maximum Gasteiger partial charge on any atom is 0.343 e. The Morgan fingerprint density at radius 3 is 2.00 bits per heavy atom. The molecule has 0 atom stereocenters. The first-order valence-corrected chi connectivity index (χ1v) is 9.95. The third-order valence-electron chi connectivity index (χ3n) is 4.95. The van der Waals surface area contributed by atoms with Crippen LogP contribution >= 0.6 is 0 Å². The lowest BCUT2D eigenvalue weighted by Gasteiger charge is -2.18. The lowest BCUT2D eigenvalue weighted by atomic mass is 9.87. The Hall–Kier alpha value is -3.40. The van der Waals surface area contributed by atoms with Gasteiger partial charge in [0.25, 0.3) is 5.91 Å². The molecule has 0 bridgehead atoms. The molecule has 3 aromatic carbocycles. The van der Waals surface area contributed by atoms with Gasteiger partial charge in [-0.05, 0) is 78.4 Å². The van der Waals surface area contributed by atoms with Crippen molar-refractivity contribution in [1.82, 2.24) is 0 Å². The summed E-state index contributed by atoms with van der Waals surface area (Å²) in [7, 11) is 0. The summed E-state index contributed by atoms with van der Waals surface area (Å²) in [5.74, 6) is -0.245. The molecule has 0 saturated carbocycles. The molecule has 30 heavy (non-hydrogen) atoms. The zero-order chi connectivity index (χ0) is 21.9. The van der Waals surface area contributed by atoms with Crippen molar-refractivity contribution in [1.29, 1.82) is 0 Å². The van der Waals surface area contributed by atoms with Gasteiger partial charge in [0, 0.05) is 11.3 Å². The molecular weight excluding hydrogens is 374 g/mol. The van der Waals surface area contributed by atoms with Crippen LogP contribution in [0.5, 0.6) is 5.75 Å². The second kappa shape index (κ2) is 8.54. The van der Waals surface area contributed by atoms with Crippen molar-refractivity contribution in [3.8, 4) is 5.75 Å². The van der Waals surface area contributed by atoms with Gasteiger partial charge < -0.3 is 10.1 Å². The monoisotopic (exact) mass is 401 g/mol. The number of carbonyl (C=O) groups is 2. The van der Waals surface area contributed by atoms with Gasteiger partial charge >= 0.3 is 5.97 Å². The number of amides is 1. The van der Waals surface area contributed by atoms with Crippen LogP contribution in [0.2, 0.25) is 0 Å². The second-order valence-corrected chi connectivity index (χ2v) is 8.51. The van der Waals surface area contributed by atoms with Crippen molar-refractivity contribution in [3.63, 3.8) is 0 Å². The summed E-state index contributed by atoms with van der Waals surface area (Å²) in [6.07, 6.45) is 0. The highest BCUT2D eigenvalue weighted by atomic mass is 16.5. The van der Waals surface area contributed by atoms with Crippen molar-refractivity contribution in [2.45, 2.75) is 40.0 Å². The molecule has 0 saturated heterocycles. The first-order valence-electron chi connectivity index (χ1n) is 9.95. The maximum atomic E-state index is 12.5. The number of anilines is 1. The molecular formula is C26H27NO3. The molecule has 0 aromatic heterocycles. The highest BCUT2D eigenvalue weighted by Gasteiger charge is 2.15. The number of rotatable bonds is 4. The van der Waals surface area contributed by atoms with E-state index in [0.29, 0.717) is 16.9 Å². The van der Waals surface area contributed by atoms with Gasteiger partial charge in [0.15, 0.2) is 0 Å². The highest BCUT2D eigenvalue weighted by molar-refractivity contribution is 6.04. The predicted octanol–water partition coefficient (Wildman–Crippen LogP) is 6.07.